The molecule has 5 rings (SSSR count). The molecule has 1 aliphatic rings. The van der Waals surface area contributed by atoms with E-state index in [4.69, 9.17) is 14.2 Å². The minimum Gasteiger partial charge on any atom is -0.495 e. The van der Waals surface area contributed by atoms with Crippen molar-refractivity contribution in [3.05, 3.63) is 102 Å². The van der Waals surface area contributed by atoms with Gasteiger partial charge in [-0.25, -0.2) is 0 Å². The number of ether oxygens (including phenoxy) is 3. The largest absolute Gasteiger partial charge is 0.495 e. The predicted octanol–water partition coefficient (Wildman–Crippen LogP) is 5.73. The molecular weight excluding hydrogens is 516 g/mol. The maximum atomic E-state index is 13.4. The number of fused-ring (bicyclic) bond motifs is 1. The highest BCUT2D eigenvalue weighted by Gasteiger charge is 2.22. The number of carbonyl (C=O) groups is 2. The van der Waals surface area contributed by atoms with Gasteiger partial charge < -0.3 is 19.5 Å². The van der Waals surface area contributed by atoms with Gasteiger partial charge in [0, 0.05) is 30.6 Å². The highest BCUT2D eigenvalue weighted by molar-refractivity contribution is 6.48. The first kappa shape index (κ1) is 28.3. The minimum absolute atomic E-state index is 0.288. The Kier molecular flexibility index (Phi) is 9.29. The van der Waals surface area contributed by atoms with Crippen LogP contribution in [0.25, 0.3) is 10.8 Å². The molecule has 1 unspecified atom stereocenters. The summed E-state index contributed by atoms with van der Waals surface area (Å²) in [5, 5.41) is 4.27. The van der Waals surface area contributed by atoms with E-state index in [0.717, 1.165) is 50.2 Å². The van der Waals surface area contributed by atoms with Crippen LogP contribution in [0.2, 0.25) is 0 Å². The summed E-state index contributed by atoms with van der Waals surface area (Å²) in [6.07, 6.45) is 0.780. The second-order valence-corrected chi connectivity index (χ2v) is 10.3. The fraction of sp³-hybridized carbons (Fsp3) is 0.294. The van der Waals surface area contributed by atoms with Crippen LogP contribution < -0.4 is 14.8 Å². The molecule has 41 heavy (non-hydrogen) atoms. The summed E-state index contributed by atoms with van der Waals surface area (Å²) in [5.74, 6) is 0.133. The van der Waals surface area contributed by atoms with E-state index in [1.54, 1.807) is 19.2 Å². The Balaban J connectivity index is 1.30. The molecule has 7 heteroatoms. The van der Waals surface area contributed by atoms with Crippen LogP contribution in [0, 0.1) is 0 Å². The maximum Gasteiger partial charge on any atom is 0.296 e. The molecule has 1 amide bonds. The zero-order chi connectivity index (χ0) is 28.6. The van der Waals surface area contributed by atoms with Crippen molar-refractivity contribution in [1.29, 1.82) is 0 Å². The van der Waals surface area contributed by atoms with Gasteiger partial charge in [-0.15, -0.1) is 0 Å². The lowest BCUT2D eigenvalue weighted by Crippen LogP contribution is -2.38. The van der Waals surface area contributed by atoms with Crippen LogP contribution >= 0.6 is 0 Å². The first-order chi connectivity index (χ1) is 20.0. The summed E-state index contributed by atoms with van der Waals surface area (Å²) in [4.78, 5) is 29.0. The Hall–Kier alpha value is -4.20. The predicted molar refractivity (Wildman–Crippen MR) is 161 cm³/mol. The van der Waals surface area contributed by atoms with Crippen molar-refractivity contribution >= 4 is 28.2 Å². The number of hydrogen-bond donors (Lipinski definition) is 1. The number of benzene rings is 4. The molecule has 1 N–H and O–H groups in total. The third-order valence-corrected chi connectivity index (χ3v) is 7.53. The summed E-state index contributed by atoms with van der Waals surface area (Å²) in [6, 6.07) is 26.9. The number of morpholine rings is 1. The van der Waals surface area contributed by atoms with Crippen molar-refractivity contribution in [1.82, 2.24) is 4.90 Å². The van der Waals surface area contributed by atoms with Gasteiger partial charge >= 0.3 is 0 Å². The average Bonchev–Trinajstić information content (AvgIpc) is 3.02. The standard InChI is InChI=1S/C34H36N2O5/c1-24(26-8-4-3-5-9-26)22-25-12-14-32(39-2)30(23-25)35-34(38)33(37)29-13-15-31(28-11-7-6-10-27(28)29)41-21-18-36-16-19-40-20-17-36/h3-15,23-24H,16-22H2,1-2H3,(H,35,38). The van der Waals surface area contributed by atoms with Gasteiger partial charge in [-0.2, -0.15) is 0 Å². The topological polar surface area (TPSA) is 77.1 Å². The monoisotopic (exact) mass is 552 g/mol. The molecule has 0 spiro atoms. The summed E-state index contributed by atoms with van der Waals surface area (Å²) in [7, 11) is 1.55. The van der Waals surface area contributed by atoms with Crippen LogP contribution in [0.3, 0.4) is 0 Å². The second-order valence-electron chi connectivity index (χ2n) is 10.3. The van der Waals surface area contributed by atoms with Crippen molar-refractivity contribution in [3.63, 3.8) is 0 Å². The Morgan fingerprint density at radius 1 is 0.902 bits per heavy atom. The number of ketones is 1. The highest BCUT2D eigenvalue weighted by Crippen LogP contribution is 2.31. The van der Waals surface area contributed by atoms with Gasteiger partial charge in [-0.05, 0) is 53.1 Å². The quantitative estimate of drug-likeness (QED) is 0.189. The number of rotatable bonds is 11. The van der Waals surface area contributed by atoms with E-state index in [0.29, 0.717) is 34.7 Å². The van der Waals surface area contributed by atoms with Crippen molar-refractivity contribution < 1.29 is 23.8 Å². The van der Waals surface area contributed by atoms with Gasteiger partial charge in [0.15, 0.2) is 0 Å². The van der Waals surface area contributed by atoms with Crippen LogP contribution in [0.1, 0.15) is 34.3 Å². The Morgan fingerprint density at radius 2 is 1.61 bits per heavy atom. The fourth-order valence-corrected chi connectivity index (χ4v) is 5.24. The number of anilines is 1. The number of nitrogens with zero attached hydrogens (tertiary/aromatic N) is 1. The third-order valence-electron chi connectivity index (χ3n) is 7.53. The summed E-state index contributed by atoms with van der Waals surface area (Å²) < 4.78 is 17.0. The molecule has 1 aliphatic heterocycles. The van der Waals surface area contributed by atoms with E-state index in [2.05, 4.69) is 29.3 Å². The Labute approximate surface area is 241 Å². The van der Waals surface area contributed by atoms with Crippen LogP contribution in [-0.4, -0.2) is 63.2 Å². The molecule has 4 aromatic rings. The molecule has 7 nitrogen and oxygen atoms in total. The molecule has 1 fully saturated rings. The van der Waals surface area contributed by atoms with Gasteiger partial charge in [0.25, 0.3) is 11.7 Å². The van der Waals surface area contributed by atoms with Crippen LogP contribution in [-0.2, 0) is 16.0 Å². The molecule has 1 saturated heterocycles. The normalized spacial score (nSPS) is 14.4. The summed E-state index contributed by atoms with van der Waals surface area (Å²) >= 11 is 0. The number of hydrogen-bond acceptors (Lipinski definition) is 6. The number of nitrogens with one attached hydrogen (secondary N) is 1. The van der Waals surface area contributed by atoms with E-state index in [1.165, 1.54) is 5.56 Å². The lowest BCUT2D eigenvalue weighted by Gasteiger charge is -2.26. The maximum absolute atomic E-state index is 13.4. The van der Waals surface area contributed by atoms with E-state index < -0.39 is 11.7 Å². The van der Waals surface area contributed by atoms with E-state index in [1.807, 2.05) is 60.7 Å². The molecule has 212 valence electrons. The number of amides is 1. The average molecular weight is 553 g/mol. The number of carbonyl (C=O) groups excluding carboxylic acids is 2. The molecular formula is C34H36N2O5. The van der Waals surface area contributed by atoms with E-state index in [-0.39, 0.29) is 5.92 Å². The van der Waals surface area contributed by atoms with Crippen molar-refractivity contribution in [3.8, 4) is 11.5 Å². The molecule has 4 aromatic carbocycles. The molecule has 1 atom stereocenters. The molecule has 0 aromatic heterocycles. The third kappa shape index (κ3) is 6.93. The molecule has 0 bridgehead atoms. The van der Waals surface area contributed by atoms with Crippen LogP contribution in [0.4, 0.5) is 5.69 Å². The number of methoxy groups -OCH3 is 1. The first-order valence-corrected chi connectivity index (χ1v) is 14.1. The van der Waals surface area contributed by atoms with Crippen LogP contribution in [0.5, 0.6) is 11.5 Å². The molecule has 0 radical (unpaired) electrons. The Morgan fingerprint density at radius 3 is 2.37 bits per heavy atom. The lowest BCUT2D eigenvalue weighted by molar-refractivity contribution is -0.112. The van der Waals surface area contributed by atoms with Crippen LogP contribution in [0.15, 0.2) is 84.9 Å². The van der Waals surface area contributed by atoms with Crippen molar-refractivity contribution in [2.45, 2.75) is 19.3 Å². The Bertz CT molecular complexity index is 1500. The minimum atomic E-state index is -0.720. The van der Waals surface area contributed by atoms with Gasteiger partial charge in [0.2, 0.25) is 0 Å². The fourth-order valence-electron chi connectivity index (χ4n) is 5.24. The lowest BCUT2D eigenvalue weighted by atomic mass is 9.93. The SMILES string of the molecule is COc1ccc(CC(C)c2ccccc2)cc1NC(=O)C(=O)c1ccc(OCCN2CCOCC2)c2ccccc12. The van der Waals surface area contributed by atoms with Gasteiger partial charge in [0.05, 0.1) is 26.0 Å². The smallest absolute Gasteiger partial charge is 0.296 e. The van der Waals surface area contributed by atoms with Gasteiger partial charge in [0.1, 0.15) is 18.1 Å². The number of Topliss-reactive ketones (excluding diaryl/α,β-unsaturated/α-hetero) is 1. The molecule has 0 aliphatic carbocycles. The summed E-state index contributed by atoms with van der Waals surface area (Å²) in [6.45, 7) is 6.76. The van der Waals surface area contributed by atoms with E-state index >= 15 is 0 Å². The second kappa shape index (κ2) is 13.4. The van der Waals surface area contributed by atoms with Crippen molar-refractivity contribution in [2.24, 2.45) is 0 Å². The first-order valence-electron chi connectivity index (χ1n) is 14.1. The molecule has 0 saturated carbocycles. The zero-order valence-corrected chi connectivity index (χ0v) is 23.6. The zero-order valence-electron chi connectivity index (χ0n) is 23.6. The van der Waals surface area contributed by atoms with Crippen molar-refractivity contribution in [2.75, 3.05) is 51.9 Å². The summed E-state index contributed by atoms with van der Waals surface area (Å²) in [5.41, 5.74) is 3.07. The highest BCUT2D eigenvalue weighted by atomic mass is 16.5. The van der Waals surface area contributed by atoms with Gasteiger partial charge in [-0.1, -0.05) is 67.6 Å². The van der Waals surface area contributed by atoms with E-state index in [9.17, 15) is 9.59 Å². The van der Waals surface area contributed by atoms with Gasteiger partial charge in [-0.3, -0.25) is 14.5 Å². The molecule has 1 heterocycles.